The van der Waals surface area contributed by atoms with Gasteiger partial charge >= 0.3 is 0 Å². The van der Waals surface area contributed by atoms with Gasteiger partial charge < -0.3 is 14.3 Å². The Morgan fingerprint density at radius 1 is 1.41 bits per heavy atom. The van der Waals surface area contributed by atoms with Crippen LogP contribution in [0, 0.1) is 5.41 Å². The van der Waals surface area contributed by atoms with Crippen molar-refractivity contribution < 1.29 is 14.3 Å². The summed E-state index contributed by atoms with van der Waals surface area (Å²) in [6, 6.07) is 0.461. The second-order valence-corrected chi connectivity index (χ2v) is 5.24. The molecule has 0 spiro atoms. The number of rotatable bonds is 4. The van der Waals surface area contributed by atoms with Gasteiger partial charge in [0.05, 0.1) is 25.2 Å². The van der Waals surface area contributed by atoms with Gasteiger partial charge in [0.2, 0.25) is 0 Å². The summed E-state index contributed by atoms with van der Waals surface area (Å²) in [5.41, 5.74) is -0.275. The van der Waals surface area contributed by atoms with E-state index in [1.165, 1.54) is 0 Å². The molecule has 98 valence electrons. The van der Waals surface area contributed by atoms with Crippen molar-refractivity contribution in [3.8, 4) is 0 Å². The SMILES string of the molecule is CCC1COCCN1CC1(C=O)CCCOC1. The third-order valence-electron chi connectivity index (χ3n) is 3.94. The molecule has 2 saturated heterocycles. The van der Waals surface area contributed by atoms with Crippen LogP contribution < -0.4 is 0 Å². The topological polar surface area (TPSA) is 38.8 Å². The maximum absolute atomic E-state index is 11.4. The third-order valence-corrected chi connectivity index (χ3v) is 3.94. The highest BCUT2D eigenvalue weighted by molar-refractivity contribution is 5.60. The van der Waals surface area contributed by atoms with E-state index in [4.69, 9.17) is 9.47 Å². The Balaban J connectivity index is 1.98. The second-order valence-electron chi connectivity index (χ2n) is 5.24. The lowest BCUT2D eigenvalue weighted by molar-refractivity contribution is -0.128. The molecule has 0 N–H and O–H groups in total. The quantitative estimate of drug-likeness (QED) is 0.691. The minimum atomic E-state index is -0.275. The van der Waals surface area contributed by atoms with Crippen LogP contribution >= 0.6 is 0 Å². The Bertz CT molecular complexity index is 251. The summed E-state index contributed by atoms with van der Waals surface area (Å²) in [5, 5.41) is 0. The van der Waals surface area contributed by atoms with E-state index in [1.54, 1.807) is 0 Å². The molecule has 2 atom stereocenters. The number of ether oxygens (including phenoxy) is 2. The smallest absolute Gasteiger partial charge is 0.129 e. The van der Waals surface area contributed by atoms with Crippen LogP contribution in [0.2, 0.25) is 0 Å². The van der Waals surface area contributed by atoms with Crippen molar-refractivity contribution in [2.75, 3.05) is 39.5 Å². The molecular formula is C13H23NO3. The van der Waals surface area contributed by atoms with Crippen LogP contribution in [0.4, 0.5) is 0 Å². The fourth-order valence-corrected chi connectivity index (χ4v) is 2.81. The van der Waals surface area contributed by atoms with Gasteiger partial charge in [-0.1, -0.05) is 6.92 Å². The number of aldehydes is 1. The molecule has 0 aromatic heterocycles. The highest BCUT2D eigenvalue weighted by atomic mass is 16.5. The molecular weight excluding hydrogens is 218 g/mol. The monoisotopic (exact) mass is 241 g/mol. The zero-order chi connectivity index (χ0) is 12.1. The van der Waals surface area contributed by atoms with Crippen LogP contribution in [-0.2, 0) is 14.3 Å². The predicted octanol–water partition coefficient (Wildman–Crippen LogP) is 1.09. The summed E-state index contributed by atoms with van der Waals surface area (Å²) in [6.07, 6.45) is 4.16. The van der Waals surface area contributed by atoms with Crippen molar-refractivity contribution >= 4 is 6.29 Å². The van der Waals surface area contributed by atoms with Gasteiger partial charge in [0, 0.05) is 25.7 Å². The highest BCUT2D eigenvalue weighted by Crippen LogP contribution is 2.29. The normalized spacial score (nSPS) is 35.7. The molecule has 0 bridgehead atoms. The lowest BCUT2D eigenvalue weighted by Crippen LogP contribution is -2.52. The van der Waals surface area contributed by atoms with E-state index >= 15 is 0 Å². The van der Waals surface area contributed by atoms with E-state index in [1.807, 2.05) is 0 Å². The lowest BCUT2D eigenvalue weighted by atomic mass is 9.83. The third kappa shape index (κ3) is 3.06. The molecule has 0 aliphatic carbocycles. The summed E-state index contributed by atoms with van der Waals surface area (Å²) >= 11 is 0. The van der Waals surface area contributed by atoms with Crippen molar-refractivity contribution in [1.82, 2.24) is 4.90 Å². The minimum absolute atomic E-state index is 0.275. The molecule has 2 rings (SSSR count). The number of morpholine rings is 1. The molecule has 2 fully saturated rings. The molecule has 0 aromatic rings. The summed E-state index contributed by atoms with van der Waals surface area (Å²) in [7, 11) is 0. The average molecular weight is 241 g/mol. The van der Waals surface area contributed by atoms with Crippen molar-refractivity contribution in [3.63, 3.8) is 0 Å². The van der Waals surface area contributed by atoms with E-state index in [2.05, 4.69) is 11.8 Å². The average Bonchev–Trinajstić information content (AvgIpc) is 2.40. The van der Waals surface area contributed by atoms with Crippen molar-refractivity contribution in [2.24, 2.45) is 5.41 Å². The van der Waals surface area contributed by atoms with Gasteiger partial charge in [0.25, 0.3) is 0 Å². The van der Waals surface area contributed by atoms with E-state index in [-0.39, 0.29) is 5.41 Å². The van der Waals surface area contributed by atoms with Crippen molar-refractivity contribution in [2.45, 2.75) is 32.2 Å². The Morgan fingerprint density at radius 2 is 2.29 bits per heavy atom. The molecule has 2 aliphatic heterocycles. The Morgan fingerprint density at radius 3 is 2.94 bits per heavy atom. The zero-order valence-corrected chi connectivity index (χ0v) is 10.7. The van der Waals surface area contributed by atoms with E-state index in [0.29, 0.717) is 12.6 Å². The maximum atomic E-state index is 11.4. The van der Waals surface area contributed by atoms with Gasteiger partial charge in [0.1, 0.15) is 6.29 Å². The van der Waals surface area contributed by atoms with Crippen LogP contribution in [0.5, 0.6) is 0 Å². The largest absolute Gasteiger partial charge is 0.380 e. The van der Waals surface area contributed by atoms with Crippen LogP contribution in [0.1, 0.15) is 26.2 Å². The Kier molecular flexibility index (Phi) is 4.54. The van der Waals surface area contributed by atoms with E-state index in [9.17, 15) is 4.79 Å². The van der Waals surface area contributed by atoms with Gasteiger partial charge in [-0.15, -0.1) is 0 Å². The highest BCUT2D eigenvalue weighted by Gasteiger charge is 2.36. The number of hydrogen-bond donors (Lipinski definition) is 0. The standard InChI is InChI=1S/C13H23NO3/c1-2-12-8-16-7-5-14(12)9-13(10-15)4-3-6-17-11-13/h10,12H,2-9,11H2,1H3. The van der Waals surface area contributed by atoms with Crippen LogP contribution in [0.3, 0.4) is 0 Å². The summed E-state index contributed by atoms with van der Waals surface area (Å²) < 4.78 is 11.0. The van der Waals surface area contributed by atoms with E-state index < -0.39 is 0 Å². The fraction of sp³-hybridized carbons (Fsp3) is 0.923. The molecule has 0 aromatic carbocycles. The zero-order valence-electron chi connectivity index (χ0n) is 10.7. The number of nitrogens with zero attached hydrogens (tertiary/aromatic N) is 1. The van der Waals surface area contributed by atoms with Gasteiger partial charge in [-0.3, -0.25) is 4.90 Å². The van der Waals surface area contributed by atoms with E-state index in [0.717, 1.165) is 58.5 Å². The van der Waals surface area contributed by atoms with Crippen molar-refractivity contribution in [3.05, 3.63) is 0 Å². The molecule has 2 heterocycles. The lowest BCUT2D eigenvalue weighted by Gasteiger charge is -2.42. The Hall–Kier alpha value is -0.450. The first-order valence-corrected chi connectivity index (χ1v) is 6.65. The first-order valence-electron chi connectivity index (χ1n) is 6.65. The molecule has 4 heteroatoms. The number of carbonyl (C=O) groups is 1. The van der Waals surface area contributed by atoms with Gasteiger partial charge in [0.15, 0.2) is 0 Å². The number of hydrogen-bond acceptors (Lipinski definition) is 4. The van der Waals surface area contributed by atoms with Crippen LogP contribution in [0.15, 0.2) is 0 Å². The van der Waals surface area contributed by atoms with Gasteiger partial charge in [-0.05, 0) is 19.3 Å². The van der Waals surface area contributed by atoms with Gasteiger partial charge in [-0.2, -0.15) is 0 Å². The summed E-state index contributed by atoms with van der Waals surface area (Å²) in [6.45, 7) is 6.92. The second kappa shape index (κ2) is 5.94. The Labute approximate surface area is 103 Å². The molecule has 0 amide bonds. The molecule has 2 aliphatic rings. The van der Waals surface area contributed by atoms with Crippen LogP contribution in [-0.4, -0.2) is 56.7 Å². The minimum Gasteiger partial charge on any atom is -0.380 e. The van der Waals surface area contributed by atoms with Crippen molar-refractivity contribution in [1.29, 1.82) is 0 Å². The predicted molar refractivity (Wildman–Crippen MR) is 65.0 cm³/mol. The molecule has 2 unspecified atom stereocenters. The molecule has 0 saturated carbocycles. The molecule has 17 heavy (non-hydrogen) atoms. The summed E-state index contributed by atoms with van der Waals surface area (Å²) in [4.78, 5) is 13.8. The summed E-state index contributed by atoms with van der Waals surface area (Å²) in [5.74, 6) is 0. The molecule has 0 radical (unpaired) electrons. The fourth-order valence-electron chi connectivity index (χ4n) is 2.81. The first-order chi connectivity index (χ1) is 8.29. The first kappa shape index (κ1) is 13.0. The number of carbonyl (C=O) groups excluding carboxylic acids is 1. The van der Waals surface area contributed by atoms with Crippen LogP contribution in [0.25, 0.3) is 0 Å². The molecule has 4 nitrogen and oxygen atoms in total. The maximum Gasteiger partial charge on any atom is 0.129 e. The van der Waals surface area contributed by atoms with Gasteiger partial charge in [-0.25, -0.2) is 0 Å².